The molecule has 23 heavy (non-hydrogen) atoms. The van der Waals surface area contributed by atoms with E-state index in [1.54, 1.807) is 42.6 Å². The lowest BCUT2D eigenvalue weighted by molar-refractivity contribution is -0.136. The second kappa shape index (κ2) is 8.14. The van der Waals surface area contributed by atoms with Gasteiger partial charge in [0.1, 0.15) is 11.9 Å². The smallest absolute Gasteiger partial charge is 0.313 e. The number of pyridine rings is 1. The molecule has 2 amide bonds. The predicted octanol–water partition coefficient (Wildman–Crippen LogP) is 1.12. The summed E-state index contributed by atoms with van der Waals surface area (Å²) in [6, 6.07) is 14.0. The normalized spacial score (nSPS) is 9.52. The topological polar surface area (TPSA) is 107 Å². The van der Waals surface area contributed by atoms with Crippen molar-refractivity contribution in [3.8, 4) is 6.07 Å². The Morgan fingerprint density at radius 2 is 1.83 bits per heavy atom. The van der Waals surface area contributed by atoms with Crippen LogP contribution in [-0.4, -0.2) is 29.9 Å². The third-order valence-corrected chi connectivity index (χ3v) is 2.87. The Balaban J connectivity index is 1.74. The number of hydrogen-bond donors (Lipinski definition) is 3. The molecular formula is C16H15N5O2. The summed E-state index contributed by atoms with van der Waals surface area (Å²) in [5, 5.41) is 16.8. The van der Waals surface area contributed by atoms with Gasteiger partial charge in [-0.3, -0.25) is 9.59 Å². The van der Waals surface area contributed by atoms with Crippen LogP contribution in [0, 0.1) is 11.3 Å². The number of carbonyl (C=O) groups excluding carboxylic acids is 2. The second-order valence-corrected chi connectivity index (χ2v) is 4.51. The Kier molecular flexibility index (Phi) is 5.66. The van der Waals surface area contributed by atoms with Crippen LogP contribution in [0.15, 0.2) is 48.7 Å². The molecular weight excluding hydrogens is 294 g/mol. The number of hydrogen-bond acceptors (Lipinski definition) is 5. The summed E-state index contributed by atoms with van der Waals surface area (Å²) >= 11 is 0. The molecule has 3 N–H and O–H groups in total. The van der Waals surface area contributed by atoms with Crippen molar-refractivity contribution in [2.24, 2.45) is 0 Å². The molecule has 1 heterocycles. The van der Waals surface area contributed by atoms with Gasteiger partial charge in [-0.1, -0.05) is 18.2 Å². The Labute approximate surface area is 133 Å². The molecule has 0 aliphatic rings. The van der Waals surface area contributed by atoms with Crippen molar-refractivity contribution in [1.29, 1.82) is 5.26 Å². The molecule has 0 fully saturated rings. The van der Waals surface area contributed by atoms with Crippen LogP contribution >= 0.6 is 0 Å². The number of carbonyl (C=O) groups is 2. The molecule has 116 valence electrons. The molecule has 0 radical (unpaired) electrons. The fourth-order valence-electron chi connectivity index (χ4n) is 1.78. The molecule has 2 rings (SSSR count). The zero-order valence-electron chi connectivity index (χ0n) is 12.2. The highest BCUT2D eigenvalue weighted by molar-refractivity contribution is 6.39. The second-order valence-electron chi connectivity index (χ2n) is 4.51. The molecule has 2 aromatic rings. The van der Waals surface area contributed by atoms with Gasteiger partial charge in [0.25, 0.3) is 0 Å². The van der Waals surface area contributed by atoms with Gasteiger partial charge in [-0.25, -0.2) is 4.98 Å². The molecule has 0 aliphatic carbocycles. The molecule has 0 atom stereocenters. The zero-order valence-corrected chi connectivity index (χ0v) is 12.2. The van der Waals surface area contributed by atoms with E-state index in [-0.39, 0.29) is 6.54 Å². The molecule has 0 bridgehead atoms. The van der Waals surface area contributed by atoms with E-state index in [0.29, 0.717) is 23.6 Å². The Hall–Kier alpha value is -3.40. The third kappa shape index (κ3) is 4.82. The lowest BCUT2D eigenvalue weighted by atomic mass is 10.3. The lowest BCUT2D eigenvalue weighted by Gasteiger charge is -2.08. The quantitative estimate of drug-likeness (QED) is 0.567. The van der Waals surface area contributed by atoms with Crippen LogP contribution in [0.2, 0.25) is 0 Å². The first-order valence-electron chi connectivity index (χ1n) is 6.94. The third-order valence-electron chi connectivity index (χ3n) is 2.87. The van der Waals surface area contributed by atoms with Crippen molar-refractivity contribution in [1.82, 2.24) is 10.3 Å². The number of nitrogens with one attached hydrogen (secondary N) is 3. The van der Waals surface area contributed by atoms with Crippen molar-refractivity contribution >= 4 is 23.3 Å². The molecule has 0 saturated heterocycles. The van der Waals surface area contributed by atoms with Crippen LogP contribution in [-0.2, 0) is 9.59 Å². The first-order chi connectivity index (χ1) is 11.2. The predicted molar refractivity (Wildman–Crippen MR) is 85.5 cm³/mol. The molecule has 0 aliphatic heterocycles. The largest absolute Gasteiger partial charge is 0.367 e. The first kappa shape index (κ1) is 16.0. The molecule has 7 nitrogen and oxygen atoms in total. The van der Waals surface area contributed by atoms with E-state index >= 15 is 0 Å². The zero-order chi connectivity index (χ0) is 16.5. The molecule has 0 spiro atoms. The monoisotopic (exact) mass is 309 g/mol. The van der Waals surface area contributed by atoms with Gasteiger partial charge in [0.15, 0.2) is 0 Å². The van der Waals surface area contributed by atoms with Crippen LogP contribution in [0.1, 0.15) is 5.56 Å². The number of amides is 2. The standard InChI is InChI=1S/C16H15N5O2/c17-11-12-5-4-8-18-14(12)19-9-10-20-15(22)16(23)21-13-6-2-1-3-7-13/h1-8H,9-10H2,(H,18,19)(H,20,22)(H,21,23). The Morgan fingerprint density at radius 3 is 2.57 bits per heavy atom. The van der Waals surface area contributed by atoms with Gasteiger partial charge < -0.3 is 16.0 Å². The van der Waals surface area contributed by atoms with Crippen molar-refractivity contribution in [3.05, 3.63) is 54.2 Å². The maximum Gasteiger partial charge on any atom is 0.313 e. The van der Waals surface area contributed by atoms with Crippen LogP contribution in [0.5, 0.6) is 0 Å². The number of anilines is 2. The number of nitrogens with zero attached hydrogens (tertiary/aromatic N) is 2. The maximum absolute atomic E-state index is 11.7. The average molecular weight is 309 g/mol. The van der Waals surface area contributed by atoms with E-state index in [4.69, 9.17) is 5.26 Å². The van der Waals surface area contributed by atoms with Crippen LogP contribution in [0.3, 0.4) is 0 Å². The van der Waals surface area contributed by atoms with Gasteiger partial charge >= 0.3 is 11.8 Å². The molecule has 1 aromatic heterocycles. The first-order valence-corrected chi connectivity index (χ1v) is 6.94. The molecule has 1 aromatic carbocycles. The highest BCUT2D eigenvalue weighted by atomic mass is 16.2. The maximum atomic E-state index is 11.7. The van der Waals surface area contributed by atoms with Gasteiger partial charge in [-0.2, -0.15) is 5.26 Å². The molecule has 0 unspecified atom stereocenters. The summed E-state index contributed by atoms with van der Waals surface area (Å²) in [6.45, 7) is 0.568. The SMILES string of the molecule is N#Cc1cccnc1NCCNC(=O)C(=O)Nc1ccccc1. The highest BCUT2D eigenvalue weighted by Gasteiger charge is 2.12. The van der Waals surface area contributed by atoms with E-state index in [0.717, 1.165) is 0 Å². The van der Waals surface area contributed by atoms with E-state index in [1.165, 1.54) is 0 Å². The van der Waals surface area contributed by atoms with Gasteiger partial charge in [0, 0.05) is 25.0 Å². The minimum absolute atomic E-state index is 0.225. The number of benzene rings is 1. The lowest BCUT2D eigenvalue weighted by Crippen LogP contribution is -2.37. The van der Waals surface area contributed by atoms with Gasteiger partial charge in [-0.05, 0) is 24.3 Å². The fourth-order valence-corrected chi connectivity index (χ4v) is 1.78. The minimum atomic E-state index is -0.730. The van der Waals surface area contributed by atoms with Gasteiger partial charge in [-0.15, -0.1) is 0 Å². The van der Waals surface area contributed by atoms with E-state index < -0.39 is 11.8 Å². The summed E-state index contributed by atoms with van der Waals surface area (Å²) in [5.41, 5.74) is 0.971. The Bertz CT molecular complexity index is 725. The van der Waals surface area contributed by atoms with Crippen molar-refractivity contribution in [3.63, 3.8) is 0 Å². The molecule has 7 heteroatoms. The van der Waals surface area contributed by atoms with Crippen molar-refractivity contribution in [2.75, 3.05) is 23.7 Å². The van der Waals surface area contributed by atoms with E-state index in [9.17, 15) is 9.59 Å². The summed E-state index contributed by atoms with van der Waals surface area (Å²) < 4.78 is 0. The summed E-state index contributed by atoms with van der Waals surface area (Å²) in [6.07, 6.45) is 1.56. The number of rotatable bonds is 5. The van der Waals surface area contributed by atoms with Crippen molar-refractivity contribution < 1.29 is 9.59 Å². The summed E-state index contributed by atoms with van der Waals surface area (Å²) in [4.78, 5) is 27.4. The number of para-hydroxylation sites is 1. The molecule has 0 saturated carbocycles. The van der Waals surface area contributed by atoms with Crippen molar-refractivity contribution in [2.45, 2.75) is 0 Å². The summed E-state index contributed by atoms with van der Waals surface area (Å²) in [7, 11) is 0. The van der Waals surface area contributed by atoms with Gasteiger partial charge in [0.05, 0.1) is 5.56 Å². The Morgan fingerprint density at radius 1 is 1.04 bits per heavy atom. The minimum Gasteiger partial charge on any atom is -0.367 e. The number of aromatic nitrogens is 1. The van der Waals surface area contributed by atoms with Crippen LogP contribution < -0.4 is 16.0 Å². The van der Waals surface area contributed by atoms with Crippen LogP contribution in [0.4, 0.5) is 11.5 Å². The van der Waals surface area contributed by atoms with E-state index in [2.05, 4.69) is 20.9 Å². The fraction of sp³-hybridized carbons (Fsp3) is 0.125. The summed E-state index contributed by atoms with van der Waals surface area (Å²) in [5.74, 6) is -1.01. The van der Waals surface area contributed by atoms with Gasteiger partial charge in [0.2, 0.25) is 0 Å². The van der Waals surface area contributed by atoms with Crippen LogP contribution in [0.25, 0.3) is 0 Å². The number of nitriles is 1. The highest BCUT2D eigenvalue weighted by Crippen LogP contribution is 2.08. The average Bonchev–Trinajstić information content (AvgIpc) is 2.59. The van der Waals surface area contributed by atoms with E-state index in [1.807, 2.05) is 12.1 Å².